The van der Waals surface area contributed by atoms with E-state index in [-0.39, 0.29) is 22.9 Å². The molecule has 0 heterocycles. The molecule has 0 N–H and O–H groups in total. The summed E-state index contributed by atoms with van der Waals surface area (Å²) in [5, 5.41) is 0. The third kappa shape index (κ3) is 2.52. The summed E-state index contributed by atoms with van der Waals surface area (Å²) in [6, 6.07) is 0. The SMILES string of the molecule is CCC(=O)OC1CCC2C3C(C)CC4=CC(=O)CCC4(C)C3CCC12C. The Labute approximate surface area is 157 Å². The molecule has 3 nitrogen and oxygen atoms in total. The van der Waals surface area contributed by atoms with Crippen molar-refractivity contribution in [1.29, 1.82) is 0 Å². The molecule has 0 aromatic carbocycles. The Balaban J connectivity index is 1.64. The van der Waals surface area contributed by atoms with E-state index in [1.54, 1.807) is 0 Å². The molecular formula is C23H34O3. The number of rotatable bonds is 2. The van der Waals surface area contributed by atoms with E-state index in [0.717, 1.165) is 32.1 Å². The van der Waals surface area contributed by atoms with E-state index in [2.05, 4.69) is 20.8 Å². The fourth-order valence-electron chi connectivity index (χ4n) is 7.29. The highest BCUT2D eigenvalue weighted by Gasteiger charge is 2.61. The molecule has 4 aliphatic carbocycles. The standard InChI is InChI=1S/C23H34O3/c1-5-20(25)26-19-7-6-17-21-14(2)12-15-13-16(24)8-10-22(15,3)18(21)9-11-23(17,19)4/h13-14,17-19,21H,5-12H2,1-4H3. The molecule has 7 atom stereocenters. The van der Waals surface area contributed by atoms with Crippen LogP contribution in [0.4, 0.5) is 0 Å². The number of fused-ring (bicyclic) bond motifs is 5. The molecule has 0 amide bonds. The first-order valence-corrected chi connectivity index (χ1v) is 10.7. The van der Waals surface area contributed by atoms with Crippen LogP contribution in [0.3, 0.4) is 0 Å². The van der Waals surface area contributed by atoms with Crippen LogP contribution in [0.5, 0.6) is 0 Å². The Hall–Kier alpha value is -1.12. The smallest absolute Gasteiger partial charge is 0.305 e. The number of ether oxygens (including phenoxy) is 1. The lowest BCUT2D eigenvalue weighted by atomic mass is 9.45. The molecule has 4 rings (SSSR count). The molecule has 0 aliphatic heterocycles. The van der Waals surface area contributed by atoms with E-state index in [9.17, 15) is 9.59 Å². The molecule has 3 fully saturated rings. The molecule has 0 radical (unpaired) electrons. The summed E-state index contributed by atoms with van der Waals surface area (Å²) in [6.45, 7) is 9.10. The van der Waals surface area contributed by atoms with Crippen molar-refractivity contribution in [3.63, 3.8) is 0 Å². The van der Waals surface area contributed by atoms with Gasteiger partial charge >= 0.3 is 5.97 Å². The number of hydrogen-bond acceptors (Lipinski definition) is 3. The minimum absolute atomic E-state index is 0.0429. The van der Waals surface area contributed by atoms with Crippen molar-refractivity contribution in [1.82, 2.24) is 0 Å². The van der Waals surface area contributed by atoms with Gasteiger partial charge in [0.15, 0.2) is 5.78 Å². The molecule has 3 saturated carbocycles. The summed E-state index contributed by atoms with van der Waals surface area (Å²) < 4.78 is 5.90. The molecule has 0 saturated heterocycles. The Bertz CT molecular complexity index is 650. The number of ketones is 1. The van der Waals surface area contributed by atoms with E-state index in [0.29, 0.717) is 35.9 Å². The molecule has 0 aromatic rings. The second-order valence-electron chi connectivity index (χ2n) is 9.98. The van der Waals surface area contributed by atoms with Crippen LogP contribution in [-0.4, -0.2) is 17.9 Å². The third-order valence-electron chi connectivity index (χ3n) is 8.78. The number of allylic oxidation sites excluding steroid dienone is 1. The average molecular weight is 359 g/mol. The van der Waals surface area contributed by atoms with Crippen LogP contribution in [-0.2, 0) is 14.3 Å². The Morgan fingerprint density at radius 3 is 2.69 bits per heavy atom. The van der Waals surface area contributed by atoms with Crippen molar-refractivity contribution < 1.29 is 14.3 Å². The fraction of sp³-hybridized carbons (Fsp3) is 0.826. The molecule has 26 heavy (non-hydrogen) atoms. The summed E-state index contributed by atoms with van der Waals surface area (Å²) in [5.41, 5.74) is 1.78. The van der Waals surface area contributed by atoms with Crippen molar-refractivity contribution in [3.05, 3.63) is 11.6 Å². The van der Waals surface area contributed by atoms with Gasteiger partial charge in [0.25, 0.3) is 0 Å². The third-order valence-corrected chi connectivity index (χ3v) is 8.78. The highest BCUT2D eigenvalue weighted by atomic mass is 16.5. The summed E-state index contributed by atoms with van der Waals surface area (Å²) >= 11 is 0. The zero-order valence-electron chi connectivity index (χ0n) is 16.8. The summed E-state index contributed by atoms with van der Waals surface area (Å²) in [5.74, 6) is 2.95. The Kier molecular flexibility index (Phi) is 4.36. The molecule has 0 aromatic heterocycles. The minimum atomic E-state index is -0.0429. The monoisotopic (exact) mass is 358 g/mol. The van der Waals surface area contributed by atoms with Gasteiger partial charge in [-0.15, -0.1) is 0 Å². The van der Waals surface area contributed by atoms with Crippen molar-refractivity contribution >= 4 is 11.8 Å². The van der Waals surface area contributed by atoms with Crippen LogP contribution in [0, 0.1) is 34.5 Å². The van der Waals surface area contributed by atoms with Gasteiger partial charge < -0.3 is 4.74 Å². The normalized spacial score (nSPS) is 47.5. The highest BCUT2D eigenvalue weighted by Crippen LogP contribution is 2.66. The lowest BCUT2D eigenvalue weighted by Crippen LogP contribution is -2.54. The van der Waals surface area contributed by atoms with Crippen LogP contribution >= 0.6 is 0 Å². The van der Waals surface area contributed by atoms with Crippen molar-refractivity contribution in [2.75, 3.05) is 0 Å². The number of carbonyl (C=O) groups excluding carboxylic acids is 2. The molecule has 0 bridgehead atoms. The van der Waals surface area contributed by atoms with Crippen LogP contribution in [0.1, 0.15) is 79.1 Å². The second kappa shape index (κ2) is 6.21. The molecule has 4 aliphatic rings. The van der Waals surface area contributed by atoms with Crippen LogP contribution in [0.2, 0.25) is 0 Å². The fourth-order valence-corrected chi connectivity index (χ4v) is 7.29. The Morgan fingerprint density at radius 1 is 1.19 bits per heavy atom. The molecule has 7 unspecified atom stereocenters. The topological polar surface area (TPSA) is 43.4 Å². The maximum Gasteiger partial charge on any atom is 0.305 e. The minimum Gasteiger partial charge on any atom is -0.462 e. The maximum atomic E-state index is 12.0. The number of carbonyl (C=O) groups is 2. The second-order valence-corrected chi connectivity index (χ2v) is 9.98. The van der Waals surface area contributed by atoms with Gasteiger partial charge in [0.05, 0.1) is 0 Å². The number of hydrogen-bond donors (Lipinski definition) is 0. The quantitative estimate of drug-likeness (QED) is 0.646. The van der Waals surface area contributed by atoms with Gasteiger partial charge in [-0.25, -0.2) is 0 Å². The molecule has 0 spiro atoms. The van der Waals surface area contributed by atoms with Crippen molar-refractivity contribution in [3.8, 4) is 0 Å². The first-order valence-electron chi connectivity index (χ1n) is 10.7. The first-order chi connectivity index (χ1) is 12.3. The van der Waals surface area contributed by atoms with Gasteiger partial charge in [-0.05, 0) is 73.7 Å². The first kappa shape index (κ1) is 18.3. The van der Waals surface area contributed by atoms with E-state index in [4.69, 9.17) is 4.74 Å². The zero-order chi connectivity index (χ0) is 18.7. The largest absolute Gasteiger partial charge is 0.462 e. The lowest BCUT2D eigenvalue weighted by Gasteiger charge is -2.59. The van der Waals surface area contributed by atoms with Crippen molar-refractivity contribution in [2.24, 2.45) is 34.5 Å². The zero-order valence-corrected chi connectivity index (χ0v) is 16.8. The lowest BCUT2D eigenvalue weighted by molar-refractivity contribution is -0.160. The van der Waals surface area contributed by atoms with Crippen LogP contribution in [0.25, 0.3) is 0 Å². The van der Waals surface area contributed by atoms with Gasteiger partial charge in [-0.2, -0.15) is 0 Å². The molecule has 144 valence electrons. The Morgan fingerprint density at radius 2 is 1.96 bits per heavy atom. The highest BCUT2D eigenvalue weighted by molar-refractivity contribution is 5.91. The van der Waals surface area contributed by atoms with Gasteiger partial charge in [0.1, 0.15) is 6.10 Å². The molecular weight excluding hydrogens is 324 g/mol. The van der Waals surface area contributed by atoms with E-state index in [1.165, 1.54) is 18.4 Å². The van der Waals surface area contributed by atoms with Crippen molar-refractivity contribution in [2.45, 2.75) is 85.2 Å². The molecule has 3 heteroatoms. The van der Waals surface area contributed by atoms with Crippen LogP contribution in [0.15, 0.2) is 11.6 Å². The summed E-state index contributed by atoms with van der Waals surface area (Å²) in [6.07, 6.45) is 9.98. The predicted octanol–water partition coefficient (Wildman–Crippen LogP) is 5.09. The predicted molar refractivity (Wildman–Crippen MR) is 101 cm³/mol. The van der Waals surface area contributed by atoms with E-state index >= 15 is 0 Å². The maximum absolute atomic E-state index is 12.0. The van der Waals surface area contributed by atoms with Gasteiger partial charge in [0, 0.05) is 18.3 Å². The summed E-state index contributed by atoms with van der Waals surface area (Å²) in [7, 11) is 0. The van der Waals surface area contributed by atoms with E-state index in [1.807, 2.05) is 13.0 Å². The van der Waals surface area contributed by atoms with Gasteiger partial charge in [-0.1, -0.05) is 33.3 Å². The average Bonchev–Trinajstić information content (AvgIpc) is 2.93. The van der Waals surface area contributed by atoms with E-state index < -0.39 is 0 Å². The van der Waals surface area contributed by atoms with Gasteiger partial charge in [-0.3, -0.25) is 9.59 Å². The summed E-state index contributed by atoms with van der Waals surface area (Å²) in [4.78, 5) is 23.9. The van der Waals surface area contributed by atoms with Crippen LogP contribution < -0.4 is 0 Å². The number of esters is 1. The van der Waals surface area contributed by atoms with Gasteiger partial charge in [0.2, 0.25) is 0 Å².